The lowest BCUT2D eigenvalue weighted by Gasteiger charge is -2.23. The highest BCUT2D eigenvalue weighted by Gasteiger charge is 2.31. The molecule has 3 nitrogen and oxygen atoms in total. The maximum absolute atomic E-state index is 12.0. The molecule has 2 atom stereocenters. The van der Waals surface area contributed by atoms with Gasteiger partial charge >= 0.3 is 0 Å². The first kappa shape index (κ1) is 13.0. The molecule has 2 unspecified atom stereocenters. The maximum Gasteiger partial charge on any atom is 0.236 e. The second-order valence-corrected chi connectivity index (χ2v) is 5.82. The van der Waals surface area contributed by atoms with Crippen molar-refractivity contribution in [3.8, 4) is 0 Å². The van der Waals surface area contributed by atoms with E-state index < -0.39 is 0 Å². The summed E-state index contributed by atoms with van der Waals surface area (Å²) in [6.07, 6.45) is 1.09. The third-order valence-electron chi connectivity index (χ3n) is 3.03. The van der Waals surface area contributed by atoms with E-state index in [-0.39, 0.29) is 10.7 Å². The summed E-state index contributed by atoms with van der Waals surface area (Å²) >= 11 is 3.47. The zero-order valence-electron chi connectivity index (χ0n) is 10.0. The molecular formula is C11H21BrN2O. The van der Waals surface area contributed by atoms with Crippen molar-refractivity contribution in [3.63, 3.8) is 0 Å². The molecule has 88 valence electrons. The van der Waals surface area contributed by atoms with Gasteiger partial charge in [-0.2, -0.15) is 0 Å². The molecule has 0 aromatic heterocycles. The fourth-order valence-electron chi connectivity index (χ4n) is 1.82. The van der Waals surface area contributed by atoms with Gasteiger partial charge < -0.3 is 9.80 Å². The smallest absolute Gasteiger partial charge is 0.236 e. The van der Waals surface area contributed by atoms with E-state index in [0.717, 1.165) is 19.5 Å². The average Bonchev–Trinajstić information content (AvgIpc) is 2.64. The van der Waals surface area contributed by atoms with Crippen LogP contribution in [0.5, 0.6) is 0 Å². The van der Waals surface area contributed by atoms with Gasteiger partial charge in [0.25, 0.3) is 0 Å². The molecule has 1 rings (SSSR count). The first-order valence-corrected chi connectivity index (χ1v) is 6.44. The van der Waals surface area contributed by atoms with Gasteiger partial charge in [0.2, 0.25) is 5.91 Å². The Labute approximate surface area is 101 Å². The number of likely N-dealkylation sites (N-methyl/N-ethyl adjacent to an activating group) is 1. The molecule has 1 fully saturated rings. The summed E-state index contributed by atoms with van der Waals surface area (Å²) in [5.41, 5.74) is 0. The number of hydrogen-bond acceptors (Lipinski definition) is 2. The Hall–Kier alpha value is -0.0900. The van der Waals surface area contributed by atoms with E-state index in [1.165, 1.54) is 0 Å². The molecule has 15 heavy (non-hydrogen) atoms. The number of rotatable bonds is 3. The van der Waals surface area contributed by atoms with Gasteiger partial charge in [-0.3, -0.25) is 4.79 Å². The van der Waals surface area contributed by atoms with Crippen LogP contribution in [0.3, 0.4) is 0 Å². The SMILES string of the molecule is CC(C)C(Br)C(=O)N1CCC(N(C)C)C1. The molecule has 0 N–H and O–H groups in total. The van der Waals surface area contributed by atoms with E-state index in [0.29, 0.717) is 12.0 Å². The van der Waals surface area contributed by atoms with Crippen LogP contribution >= 0.6 is 15.9 Å². The zero-order chi connectivity index (χ0) is 11.6. The lowest BCUT2D eigenvalue weighted by atomic mass is 10.1. The zero-order valence-corrected chi connectivity index (χ0v) is 11.6. The van der Waals surface area contributed by atoms with Crippen LogP contribution in [0.2, 0.25) is 0 Å². The Morgan fingerprint density at radius 3 is 2.47 bits per heavy atom. The molecule has 1 aliphatic heterocycles. The number of halogens is 1. The van der Waals surface area contributed by atoms with Crippen LogP contribution in [0, 0.1) is 5.92 Å². The van der Waals surface area contributed by atoms with Crippen LogP contribution in [-0.4, -0.2) is 53.8 Å². The Balaban J connectivity index is 2.50. The van der Waals surface area contributed by atoms with Crippen LogP contribution < -0.4 is 0 Å². The molecule has 0 aromatic rings. The van der Waals surface area contributed by atoms with Gasteiger partial charge in [-0.05, 0) is 26.4 Å². The van der Waals surface area contributed by atoms with Crippen LogP contribution in [0.15, 0.2) is 0 Å². The van der Waals surface area contributed by atoms with E-state index in [9.17, 15) is 4.79 Å². The third-order valence-corrected chi connectivity index (χ3v) is 4.48. The Bertz CT molecular complexity index is 231. The van der Waals surface area contributed by atoms with E-state index in [1.807, 2.05) is 4.90 Å². The van der Waals surface area contributed by atoms with E-state index in [1.54, 1.807) is 0 Å². The summed E-state index contributed by atoms with van der Waals surface area (Å²) in [6, 6.07) is 0.529. The first-order valence-electron chi connectivity index (χ1n) is 5.52. The van der Waals surface area contributed by atoms with Crippen molar-refractivity contribution < 1.29 is 4.79 Å². The number of alkyl halides is 1. The van der Waals surface area contributed by atoms with Crippen molar-refractivity contribution in [3.05, 3.63) is 0 Å². The molecule has 1 amide bonds. The second-order valence-electron chi connectivity index (χ2n) is 4.84. The van der Waals surface area contributed by atoms with Crippen molar-refractivity contribution in [2.24, 2.45) is 5.92 Å². The summed E-state index contributed by atoms with van der Waals surface area (Å²) in [7, 11) is 4.15. The van der Waals surface area contributed by atoms with Crippen molar-refractivity contribution in [1.82, 2.24) is 9.80 Å². The van der Waals surface area contributed by atoms with Crippen molar-refractivity contribution in [1.29, 1.82) is 0 Å². The summed E-state index contributed by atoms with van der Waals surface area (Å²) in [6.45, 7) is 5.91. The minimum Gasteiger partial charge on any atom is -0.340 e. The minimum atomic E-state index is -0.0292. The number of amides is 1. The normalized spacial score (nSPS) is 23.9. The Morgan fingerprint density at radius 2 is 2.07 bits per heavy atom. The summed E-state index contributed by atoms with van der Waals surface area (Å²) in [5.74, 6) is 0.602. The largest absolute Gasteiger partial charge is 0.340 e. The molecule has 1 heterocycles. The minimum absolute atomic E-state index is 0.0292. The number of likely N-dealkylation sites (tertiary alicyclic amines) is 1. The molecule has 0 bridgehead atoms. The molecule has 0 aliphatic carbocycles. The van der Waals surface area contributed by atoms with Gasteiger partial charge in [-0.1, -0.05) is 29.8 Å². The topological polar surface area (TPSA) is 23.6 Å². The van der Waals surface area contributed by atoms with Crippen molar-refractivity contribution in [2.45, 2.75) is 31.1 Å². The molecule has 1 aliphatic rings. The van der Waals surface area contributed by atoms with Gasteiger partial charge in [-0.15, -0.1) is 0 Å². The summed E-state index contributed by atoms with van der Waals surface area (Å²) < 4.78 is 0. The first-order chi connectivity index (χ1) is 6.93. The molecule has 0 saturated carbocycles. The standard InChI is InChI=1S/C11H21BrN2O/c1-8(2)10(12)11(15)14-6-5-9(7-14)13(3)4/h8-10H,5-7H2,1-4H3. The molecule has 0 spiro atoms. The van der Waals surface area contributed by atoms with Crippen molar-refractivity contribution >= 4 is 21.8 Å². The molecule has 0 aromatic carbocycles. The maximum atomic E-state index is 12.0. The van der Waals surface area contributed by atoms with Crippen LogP contribution in [0.1, 0.15) is 20.3 Å². The predicted molar refractivity (Wildman–Crippen MR) is 66.2 cm³/mol. The molecular weight excluding hydrogens is 256 g/mol. The van der Waals surface area contributed by atoms with Gasteiger partial charge in [-0.25, -0.2) is 0 Å². The molecule has 4 heteroatoms. The number of carbonyl (C=O) groups excluding carboxylic acids is 1. The quantitative estimate of drug-likeness (QED) is 0.731. The highest BCUT2D eigenvalue weighted by Crippen LogP contribution is 2.20. The fraction of sp³-hybridized carbons (Fsp3) is 0.909. The number of nitrogens with zero attached hydrogens (tertiary/aromatic N) is 2. The Morgan fingerprint density at radius 1 is 1.47 bits per heavy atom. The number of hydrogen-bond donors (Lipinski definition) is 0. The highest BCUT2D eigenvalue weighted by atomic mass is 79.9. The monoisotopic (exact) mass is 276 g/mol. The van der Waals surface area contributed by atoms with E-state index in [2.05, 4.69) is 48.8 Å². The van der Waals surface area contributed by atoms with E-state index in [4.69, 9.17) is 0 Å². The van der Waals surface area contributed by atoms with Crippen LogP contribution in [0.25, 0.3) is 0 Å². The van der Waals surface area contributed by atoms with Crippen LogP contribution in [0.4, 0.5) is 0 Å². The lowest BCUT2D eigenvalue weighted by Crippen LogP contribution is -2.39. The third kappa shape index (κ3) is 3.18. The van der Waals surface area contributed by atoms with Gasteiger partial charge in [0.1, 0.15) is 0 Å². The van der Waals surface area contributed by atoms with Gasteiger partial charge in [0.15, 0.2) is 0 Å². The number of carbonyl (C=O) groups is 1. The highest BCUT2D eigenvalue weighted by molar-refractivity contribution is 9.10. The summed E-state index contributed by atoms with van der Waals surface area (Å²) in [5, 5.41) is 0. The molecule has 1 saturated heterocycles. The van der Waals surface area contributed by atoms with Gasteiger partial charge in [0.05, 0.1) is 4.83 Å². The predicted octanol–water partition coefficient (Wildman–Crippen LogP) is 1.57. The van der Waals surface area contributed by atoms with E-state index >= 15 is 0 Å². The lowest BCUT2D eigenvalue weighted by molar-refractivity contribution is -0.130. The van der Waals surface area contributed by atoms with Gasteiger partial charge in [0, 0.05) is 19.1 Å². The molecule has 0 radical (unpaired) electrons. The summed E-state index contributed by atoms with van der Waals surface area (Å²) in [4.78, 5) is 16.2. The average molecular weight is 277 g/mol. The van der Waals surface area contributed by atoms with Crippen molar-refractivity contribution in [2.75, 3.05) is 27.2 Å². The second kappa shape index (κ2) is 5.30. The van der Waals surface area contributed by atoms with Crippen LogP contribution in [-0.2, 0) is 4.79 Å². The Kier molecular flexibility index (Phi) is 4.59. The fourth-order valence-corrected chi connectivity index (χ4v) is 2.11.